The molecule has 0 spiro atoms. The number of aromatic nitrogens is 3. The van der Waals surface area contributed by atoms with Crippen LogP contribution in [0, 0.1) is 6.92 Å². The van der Waals surface area contributed by atoms with E-state index in [1.807, 2.05) is 74.0 Å². The largest absolute Gasteiger partial charge is 0.493 e. The Hall–Kier alpha value is -2.82. The Balaban J connectivity index is 0.00000341. The molecule has 2 aromatic carbocycles. The summed E-state index contributed by atoms with van der Waals surface area (Å²) in [5, 5.41) is 15.0. The van der Waals surface area contributed by atoms with Gasteiger partial charge in [0.05, 0.1) is 26.8 Å². The molecule has 31 heavy (non-hydrogen) atoms. The molecule has 166 valence electrons. The number of nitrogens with one attached hydrogen (secondary N) is 2. The maximum Gasteiger partial charge on any atom is 0.196 e. The number of aliphatic imine (C=N–C) groups is 1. The first-order chi connectivity index (χ1) is 14.6. The number of guanidine groups is 1. The van der Waals surface area contributed by atoms with Gasteiger partial charge in [-0.05, 0) is 31.5 Å². The van der Waals surface area contributed by atoms with E-state index in [2.05, 4.69) is 20.8 Å². The first-order valence-electron chi connectivity index (χ1n) is 9.85. The Labute approximate surface area is 200 Å². The van der Waals surface area contributed by atoms with Gasteiger partial charge in [0.2, 0.25) is 0 Å². The maximum absolute atomic E-state index is 5.60. The van der Waals surface area contributed by atoms with Gasteiger partial charge in [-0.3, -0.25) is 0 Å². The van der Waals surface area contributed by atoms with Crippen LogP contribution in [0.3, 0.4) is 0 Å². The second kappa shape index (κ2) is 12.1. The third-order valence-corrected chi connectivity index (χ3v) is 4.59. The van der Waals surface area contributed by atoms with Crippen LogP contribution in [-0.2, 0) is 20.1 Å². The molecule has 0 saturated heterocycles. The van der Waals surface area contributed by atoms with Crippen LogP contribution >= 0.6 is 24.0 Å². The Bertz CT molecular complexity index is 991. The minimum absolute atomic E-state index is 0. The molecule has 1 aromatic heterocycles. The maximum atomic E-state index is 5.60. The first kappa shape index (κ1) is 24.4. The van der Waals surface area contributed by atoms with Gasteiger partial charge in [-0.25, -0.2) is 4.99 Å². The average Bonchev–Trinajstić information content (AvgIpc) is 3.09. The molecule has 0 atom stereocenters. The number of halogens is 1. The van der Waals surface area contributed by atoms with Crippen molar-refractivity contribution in [1.82, 2.24) is 20.1 Å². The van der Waals surface area contributed by atoms with Crippen molar-refractivity contribution >= 4 is 35.6 Å². The number of benzene rings is 2. The SMILES string of the molecule is CCOc1ccc(NC(=NCc2ccccc2)NCc2nnc(C)n2C)cc1OC.I. The fraction of sp³-hybridized carbons (Fsp3) is 0.318. The van der Waals surface area contributed by atoms with Crippen molar-refractivity contribution in [3.05, 3.63) is 65.7 Å². The van der Waals surface area contributed by atoms with E-state index in [9.17, 15) is 0 Å². The molecule has 8 nitrogen and oxygen atoms in total. The molecule has 0 fully saturated rings. The fourth-order valence-electron chi connectivity index (χ4n) is 2.82. The molecule has 0 saturated carbocycles. The molecule has 0 unspecified atom stereocenters. The normalized spacial score (nSPS) is 10.9. The highest BCUT2D eigenvalue weighted by molar-refractivity contribution is 14.0. The van der Waals surface area contributed by atoms with Crippen LogP contribution in [0.1, 0.15) is 24.1 Å². The zero-order chi connectivity index (χ0) is 21.3. The van der Waals surface area contributed by atoms with Crippen LogP contribution in [-0.4, -0.2) is 34.4 Å². The van der Waals surface area contributed by atoms with Crippen molar-refractivity contribution in [2.24, 2.45) is 12.0 Å². The summed E-state index contributed by atoms with van der Waals surface area (Å²) in [6.07, 6.45) is 0. The van der Waals surface area contributed by atoms with Gasteiger partial charge < -0.3 is 24.7 Å². The van der Waals surface area contributed by atoms with E-state index in [1.54, 1.807) is 7.11 Å². The van der Waals surface area contributed by atoms with Gasteiger partial charge in [-0.2, -0.15) is 0 Å². The van der Waals surface area contributed by atoms with Crippen LogP contribution in [0.4, 0.5) is 5.69 Å². The molecular formula is C22H29IN6O2. The number of hydrogen-bond acceptors (Lipinski definition) is 5. The lowest BCUT2D eigenvalue weighted by molar-refractivity contribution is 0.311. The molecule has 3 rings (SSSR count). The monoisotopic (exact) mass is 536 g/mol. The van der Waals surface area contributed by atoms with Crippen molar-refractivity contribution in [2.45, 2.75) is 26.9 Å². The van der Waals surface area contributed by atoms with Gasteiger partial charge in [0.15, 0.2) is 23.3 Å². The second-order valence-electron chi connectivity index (χ2n) is 6.65. The van der Waals surface area contributed by atoms with E-state index >= 15 is 0 Å². The molecule has 0 aliphatic carbocycles. The molecule has 3 aromatic rings. The lowest BCUT2D eigenvalue weighted by Crippen LogP contribution is -2.31. The fourth-order valence-corrected chi connectivity index (χ4v) is 2.82. The number of ether oxygens (including phenoxy) is 2. The highest BCUT2D eigenvalue weighted by atomic mass is 127. The van der Waals surface area contributed by atoms with Gasteiger partial charge in [-0.1, -0.05) is 30.3 Å². The summed E-state index contributed by atoms with van der Waals surface area (Å²) in [4.78, 5) is 4.72. The van der Waals surface area contributed by atoms with Gasteiger partial charge in [0.25, 0.3) is 0 Å². The number of hydrogen-bond donors (Lipinski definition) is 2. The molecule has 0 aliphatic rings. The summed E-state index contributed by atoms with van der Waals surface area (Å²) < 4.78 is 13.0. The zero-order valence-corrected chi connectivity index (χ0v) is 20.6. The van der Waals surface area contributed by atoms with Crippen LogP contribution in [0.2, 0.25) is 0 Å². The molecule has 9 heteroatoms. The molecule has 0 aliphatic heterocycles. The second-order valence-corrected chi connectivity index (χ2v) is 6.65. The topological polar surface area (TPSA) is 85.6 Å². The van der Waals surface area contributed by atoms with Crippen LogP contribution in [0.15, 0.2) is 53.5 Å². The van der Waals surface area contributed by atoms with Crippen molar-refractivity contribution in [1.29, 1.82) is 0 Å². The minimum Gasteiger partial charge on any atom is -0.493 e. The smallest absolute Gasteiger partial charge is 0.196 e. The van der Waals surface area contributed by atoms with Gasteiger partial charge >= 0.3 is 0 Å². The zero-order valence-electron chi connectivity index (χ0n) is 18.3. The van der Waals surface area contributed by atoms with Gasteiger partial charge in [-0.15, -0.1) is 34.2 Å². The number of nitrogens with zero attached hydrogens (tertiary/aromatic N) is 4. The lowest BCUT2D eigenvalue weighted by Gasteiger charge is -2.15. The van der Waals surface area contributed by atoms with E-state index in [0.29, 0.717) is 37.2 Å². The molecule has 2 N–H and O–H groups in total. The number of rotatable bonds is 8. The Morgan fingerprint density at radius 1 is 1.10 bits per heavy atom. The predicted octanol–water partition coefficient (Wildman–Crippen LogP) is 3.91. The third kappa shape index (κ3) is 6.84. The summed E-state index contributed by atoms with van der Waals surface area (Å²) in [6.45, 7) is 5.48. The molecule has 0 amide bonds. The average molecular weight is 536 g/mol. The summed E-state index contributed by atoms with van der Waals surface area (Å²) in [7, 11) is 3.57. The number of methoxy groups -OCH3 is 1. The lowest BCUT2D eigenvalue weighted by atomic mass is 10.2. The third-order valence-electron chi connectivity index (χ3n) is 4.59. The first-order valence-corrected chi connectivity index (χ1v) is 9.85. The van der Waals surface area contributed by atoms with E-state index in [4.69, 9.17) is 14.5 Å². The highest BCUT2D eigenvalue weighted by Gasteiger charge is 2.09. The standard InChI is InChI=1S/C22H28N6O2.HI/c1-5-30-19-12-11-18(13-20(19)29-4)25-22(23-14-17-9-7-6-8-10-17)24-15-21-27-26-16(2)28(21)3;/h6-13H,5,14-15H2,1-4H3,(H2,23,24,25);1H. The minimum atomic E-state index is 0. The predicted molar refractivity (Wildman–Crippen MR) is 133 cm³/mol. The van der Waals surface area contributed by atoms with Crippen molar-refractivity contribution in [3.8, 4) is 11.5 Å². The number of anilines is 1. The van der Waals surface area contributed by atoms with Crippen LogP contribution in [0.25, 0.3) is 0 Å². The number of aryl methyl sites for hydroxylation is 1. The van der Waals surface area contributed by atoms with E-state index < -0.39 is 0 Å². The molecule has 1 heterocycles. The molecule has 0 radical (unpaired) electrons. The van der Waals surface area contributed by atoms with Gasteiger partial charge in [0.1, 0.15) is 5.82 Å². The molecular weight excluding hydrogens is 507 g/mol. The van der Waals surface area contributed by atoms with E-state index in [-0.39, 0.29) is 24.0 Å². The van der Waals surface area contributed by atoms with E-state index in [1.165, 1.54) is 0 Å². The highest BCUT2D eigenvalue weighted by Crippen LogP contribution is 2.30. The van der Waals surface area contributed by atoms with Crippen molar-refractivity contribution in [3.63, 3.8) is 0 Å². The van der Waals surface area contributed by atoms with E-state index in [0.717, 1.165) is 22.9 Å². The van der Waals surface area contributed by atoms with Crippen molar-refractivity contribution < 1.29 is 9.47 Å². The summed E-state index contributed by atoms with van der Waals surface area (Å²) in [5.74, 6) is 3.68. The van der Waals surface area contributed by atoms with Crippen LogP contribution < -0.4 is 20.1 Å². The van der Waals surface area contributed by atoms with Crippen LogP contribution in [0.5, 0.6) is 11.5 Å². The Morgan fingerprint density at radius 3 is 2.52 bits per heavy atom. The quantitative estimate of drug-likeness (QED) is 0.258. The Kier molecular flexibility index (Phi) is 9.57. The molecule has 0 bridgehead atoms. The summed E-state index contributed by atoms with van der Waals surface area (Å²) in [6, 6.07) is 15.8. The Morgan fingerprint density at radius 2 is 1.87 bits per heavy atom. The van der Waals surface area contributed by atoms with Gasteiger partial charge in [0, 0.05) is 18.8 Å². The van der Waals surface area contributed by atoms with Crippen molar-refractivity contribution in [2.75, 3.05) is 19.0 Å². The summed E-state index contributed by atoms with van der Waals surface area (Å²) >= 11 is 0. The summed E-state index contributed by atoms with van der Waals surface area (Å²) in [5.41, 5.74) is 1.96.